The monoisotopic (exact) mass is 677 g/mol. The lowest BCUT2D eigenvalue weighted by Gasteiger charge is -2.50. The summed E-state index contributed by atoms with van der Waals surface area (Å²) in [5, 5.41) is 60.8. The summed E-state index contributed by atoms with van der Waals surface area (Å²) in [6.07, 6.45) is -6.96. The van der Waals surface area contributed by atoms with Crippen LogP contribution in [-0.4, -0.2) is 100 Å². The SMILES string of the molecule is CN(C)c1cc(NC(=O)Nc2ccc(OC(F)(F)F)cc2)c(O)c2c1C[C@H]1C[C@H]3[C@H](N(C)C)C(=O)C(C(N)O)=C(O)[C@@]3(O)C(=O)C1=C2O. The molecule has 0 aromatic heterocycles. The van der Waals surface area contributed by atoms with Crippen molar-refractivity contribution in [3.05, 3.63) is 58.4 Å². The Morgan fingerprint density at radius 3 is 2.25 bits per heavy atom. The number of carbonyl (C=O) groups is 3. The molecule has 9 N–H and O–H groups in total. The van der Waals surface area contributed by atoms with Crippen LogP contribution in [0.15, 0.2) is 47.2 Å². The third-order valence-corrected chi connectivity index (χ3v) is 8.86. The molecule has 0 saturated heterocycles. The molecule has 17 heteroatoms. The van der Waals surface area contributed by atoms with Crippen molar-refractivity contribution in [3.63, 3.8) is 0 Å². The number of ketones is 2. The van der Waals surface area contributed by atoms with Crippen LogP contribution in [0.3, 0.4) is 0 Å². The standard InChI is InChI=1S/C31H34F3N5O9/c1-38(2)18-11-17(37-29(46)36-13-5-7-14(8-6-13)48-31(32,33)34)23(40)20-15(18)9-12-10-16-22(39(3)4)25(42)21(28(35)45)27(44)30(16,47)26(43)19(12)24(20)41/h5-8,11-12,16,22,28,40-41,44-45,47H,9-10,35H2,1-4H3,(H2,36,37,46)/t12-,16-,22-,28?,30-/m0/s1. The Labute approximate surface area is 271 Å². The number of rotatable bonds is 6. The second-order valence-corrected chi connectivity index (χ2v) is 12.3. The van der Waals surface area contributed by atoms with E-state index in [1.54, 1.807) is 19.0 Å². The summed E-state index contributed by atoms with van der Waals surface area (Å²) in [6.45, 7) is 0. The van der Waals surface area contributed by atoms with Gasteiger partial charge in [-0.15, -0.1) is 13.2 Å². The highest BCUT2D eigenvalue weighted by Gasteiger charge is 2.64. The molecule has 2 amide bonds. The number of anilines is 3. The second kappa shape index (κ2) is 12.0. The quantitative estimate of drug-likeness (QED) is 0.163. The molecule has 258 valence electrons. The van der Waals surface area contributed by atoms with E-state index in [-0.39, 0.29) is 35.4 Å². The number of hydrogen-bond acceptors (Lipinski definition) is 12. The van der Waals surface area contributed by atoms with E-state index >= 15 is 0 Å². The molecule has 0 bridgehead atoms. The van der Waals surface area contributed by atoms with Gasteiger partial charge in [-0.05, 0) is 68.8 Å². The third-order valence-electron chi connectivity index (χ3n) is 8.86. The highest BCUT2D eigenvalue weighted by molar-refractivity contribution is 6.15. The molecule has 3 aliphatic carbocycles. The molecule has 5 rings (SSSR count). The van der Waals surface area contributed by atoms with Crippen LogP contribution in [0.25, 0.3) is 5.76 Å². The van der Waals surface area contributed by atoms with E-state index in [9.17, 15) is 53.1 Å². The van der Waals surface area contributed by atoms with Crippen LogP contribution < -0.4 is 26.0 Å². The predicted octanol–water partition coefficient (Wildman–Crippen LogP) is 2.36. The summed E-state index contributed by atoms with van der Waals surface area (Å²) in [5.74, 6) is -6.92. The molecule has 0 radical (unpaired) electrons. The van der Waals surface area contributed by atoms with Gasteiger partial charge in [0.25, 0.3) is 0 Å². The lowest BCUT2D eigenvalue weighted by atomic mass is 9.57. The van der Waals surface area contributed by atoms with Crippen LogP contribution in [0.5, 0.6) is 11.5 Å². The Kier molecular flexibility index (Phi) is 8.62. The average molecular weight is 678 g/mol. The van der Waals surface area contributed by atoms with Crippen LogP contribution in [0, 0.1) is 11.8 Å². The van der Waals surface area contributed by atoms with Crippen molar-refractivity contribution in [2.75, 3.05) is 43.7 Å². The number of nitrogens with two attached hydrogens (primary N) is 1. The van der Waals surface area contributed by atoms with Crippen LogP contribution >= 0.6 is 0 Å². The van der Waals surface area contributed by atoms with Gasteiger partial charge in [-0.1, -0.05) is 0 Å². The van der Waals surface area contributed by atoms with Crippen LogP contribution in [0.1, 0.15) is 17.5 Å². The minimum absolute atomic E-state index is 0.0398. The van der Waals surface area contributed by atoms with E-state index in [2.05, 4.69) is 15.4 Å². The van der Waals surface area contributed by atoms with Gasteiger partial charge in [0.15, 0.2) is 17.1 Å². The van der Waals surface area contributed by atoms with E-state index in [1.165, 1.54) is 25.1 Å². The number of amides is 2. The number of halogens is 3. The number of alkyl halides is 3. The predicted molar refractivity (Wildman–Crippen MR) is 165 cm³/mol. The summed E-state index contributed by atoms with van der Waals surface area (Å²) in [5.41, 5.74) is 2.14. The Morgan fingerprint density at radius 2 is 1.71 bits per heavy atom. The topological polar surface area (TPSA) is 218 Å². The molecule has 1 saturated carbocycles. The van der Waals surface area contributed by atoms with Crippen molar-refractivity contribution in [1.82, 2.24) is 4.90 Å². The van der Waals surface area contributed by atoms with E-state index < -0.39 is 82.3 Å². The van der Waals surface area contributed by atoms with Crippen molar-refractivity contribution in [3.8, 4) is 11.5 Å². The lowest BCUT2D eigenvalue weighted by Crippen LogP contribution is -2.66. The molecule has 1 unspecified atom stereocenters. The Bertz CT molecular complexity index is 1750. The summed E-state index contributed by atoms with van der Waals surface area (Å²) in [7, 11) is 6.37. The van der Waals surface area contributed by atoms with Crippen LogP contribution in [0.4, 0.5) is 35.0 Å². The molecule has 5 atom stereocenters. The Hall–Kier alpha value is -4.84. The van der Waals surface area contributed by atoms with Crippen LogP contribution in [-0.2, 0) is 16.0 Å². The Morgan fingerprint density at radius 1 is 1.08 bits per heavy atom. The number of Topliss-reactive ketones (excluding diaryl/α,β-unsaturated/α-hetero) is 2. The number of aliphatic hydroxyl groups is 4. The number of hydrogen-bond donors (Lipinski definition) is 8. The molecule has 0 heterocycles. The molecule has 2 aromatic rings. The molecule has 1 fully saturated rings. The molecule has 0 spiro atoms. The molecule has 48 heavy (non-hydrogen) atoms. The van der Waals surface area contributed by atoms with E-state index in [0.29, 0.717) is 11.3 Å². The number of carbonyl (C=O) groups excluding carboxylic acids is 3. The highest BCUT2D eigenvalue weighted by Crippen LogP contribution is 2.54. The van der Waals surface area contributed by atoms with Gasteiger partial charge >= 0.3 is 12.4 Å². The number of likely N-dealkylation sites (N-methyl/N-ethyl adjacent to an activating group) is 1. The number of nitrogens with zero attached hydrogens (tertiary/aromatic N) is 2. The maximum atomic E-state index is 14.1. The fourth-order valence-corrected chi connectivity index (χ4v) is 6.88. The normalized spacial score (nSPS) is 24.5. The summed E-state index contributed by atoms with van der Waals surface area (Å²) in [4.78, 5) is 43.4. The zero-order valence-corrected chi connectivity index (χ0v) is 26.1. The van der Waals surface area contributed by atoms with E-state index in [0.717, 1.165) is 24.3 Å². The minimum atomic E-state index is -4.90. The third kappa shape index (κ3) is 5.67. The van der Waals surface area contributed by atoms with E-state index in [1.807, 2.05) is 0 Å². The van der Waals surface area contributed by atoms with Crippen molar-refractivity contribution in [1.29, 1.82) is 0 Å². The lowest BCUT2D eigenvalue weighted by molar-refractivity contribution is -0.274. The first-order valence-electron chi connectivity index (χ1n) is 14.6. The molecular formula is C31H34F3N5O9. The molecule has 2 aromatic carbocycles. The summed E-state index contributed by atoms with van der Waals surface area (Å²) >= 11 is 0. The van der Waals surface area contributed by atoms with Gasteiger partial charge in [-0.2, -0.15) is 0 Å². The van der Waals surface area contributed by atoms with Crippen molar-refractivity contribution >= 4 is 40.4 Å². The summed E-state index contributed by atoms with van der Waals surface area (Å²) in [6, 6.07) is 3.60. The molecule has 14 nitrogen and oxygen atoms in total. The molecule has 0 aliphatic heterocycles. The fourth-order valence-electron chi connectivity index (χ4n) is 6.88. The maximum Gasteiger partial charge on any atom is 0.573 e. The zero-order chi connectivity index (χ0) is 35.6. The van der Waals surface area contributed by atoms with Gasteiger partial charge < -0.3 is 51.5 Å². The van der Waals surface area contributed by atoms with Gasteiger partial charge in [0, 0.05) is 37.0 Å². The number of phenolic OH excluding ortho intramolecular Hbond substituents is 1. The smallest absolute Gasteiger partial charge is 0.508 e. The first-order chi connectivity index (χ1) is 22.3. The van der Waals surface area contributed by atoms with Crippen molar-refractivity contribution in [2.45, 2.75) is 37.1 Å². The van der Waals surface area contributed by atoms with Gasteiger partial charge in [0.1, 0.15) is 23.5 Å². The maximum absolute atomic E-state index is 14.1. The number of ether oxygens (including phenoxy) is 1. The number of fused-ring (bicyclic) bond motifs is 3. The number of aliphatic hydroxyl groups excluding tert-OH is 3. The summed E-state index contributed by atoms with van der Waals surface area (Å²) < 4.78 is 41.2. The van der Waals surface area contributed by atoms with Crippen molar-refractivity contribution < 1.29 is 57.8 Å². The molecule has 3 aliphatic rings. The van der Waals surface area contributed by atoms with E-state index in [4.69, 9.17) is 5.73 Å². The van der Waals surface area contributed by atoms with Gasteiger partial charge in [0.2, 0.25) is 5.78 Å². The fraction of sp³-hybridized carbons (Fsp3) is 0.387. The van der Waals surface area contributed by atoms with Gasteiger partial charge in [-0.3, -0.25) is 14.5 Å². The number of phenols is 1. The first kappa shape index (κ1) is 34.5. The Balaban J connectivity index is 1.55. The van der Waals surface area contributed by atoms with Gasteiger partial charge in [0.05, 0.1) is 22.9 Å². The minimum Gasteiger partial charge on any atom is -0.508 e. The molecular weight excluding hydrogens is 643 g/mol. The average Bonchev–Trinajstić information content (AvgIpc) is 2.96. The number of nitrogens with one attached hydrogen (secondary N) is 2. The second-order valence-electron chi connectivity index (χ2n) is 12.3. The van der Waals surface area contributed by atoms with Crippen molar-refractivity contribution in [2.24, 2.45) is 17.6 Å². The van der Waals surface area contributed by atoms with Crippen LogP contribution in [0.2, 0.25) is 0 Å². The van der Waals surface area contributed by atoms with Gasteiger partial charge in [-0.25, -0.2) is 4.79 Å². The largest absolute Gasteiger partial charge is 0.573 e. The first-order valence-corrected chi connectivity index (χ1v) is 14.6. The number of benzene rings is 2. The highest BCUT2D eigenvalue weighted by atomic mass is 19.4. The number of urea groups is 1. The zero-order valence-electron chi connectivity index (χ0n) is 26.1. The number of aromatic hydroxyl groups is 1.